The molecule has 11 rings (SSSR count). The van der Waals surface area contributed by atoms with Gasteiger partial charge < -0.3 is 4.42 Å². The number of furan rings is 1. The molecule has 2 aliphatic carbocycles. The number of para-hydroxylation sites is 1. The summed E-state index contributed by atoms with van der Waals surface area (Å²) < 4.78 is 8.64. The number of hydrogen-bond donors (Lipinski definition) is 0. The first kappa shape index (κ1) is 28.3. The number of thiophene rings is 1. The van der Waals surface area contributed by atoms with Gasteiger partial charge in [-0.3, -0.25) is 0 Å². The third kappa shape index (κ3) is 4.03. The molecule has 6 aromatic carbocycles. The number of nitrogens with zero attached hydrogens (tertiary/aromatic N) is 2. The van der Waals surface area contributed by atoms with Crippen LogP contribution in [-0.4, -0.2) is 9.97 Å². The summed E-state index contributed by atoms with van der Waals surface area (Å²) in [6, 6.07) is 48.3. The molecule has 0 radical (unpaired) electrons. The van der Waals surface area contributed by atoms with Crippen LogP contribution in [0.2, 0.25) is 0 Å². The second-order valence-electron chi connectivity index (χ2n) is 14.0. The lowest BCUT2D eigenvalue weighted by Crippen LogP contribution is -2.28. The highest BCUT2D eigenvalue weighted by Crippen LogP contribution is 2.58. The van der Waals surface area contributed by atoms with Crippen molar-refractivity contribution in [3.05, 3.63) is 145 Å². The van der Waals surface area contributed by atoms with Crippen LogP contribution in [0.15, 0.2) is 138 Å². The summed E-state index contributed by atoms with van der Waals surface area (Å²) in [7, 11) is 0. The molecule has 0 bridgehead atoms. The number of benzene rings is 6. The van der Waals surface area contributed by atoms with Gasteiger partial charge in [0.1, 0.15) is 11.2 Å². The van der Waals surface area contributed by atoms with E-state index in [2.05, 4.69) is 121 Å². The average Bonchev–Trinajstić information content (AvgIpc) is 3.83. The Morgan fingerprint density at radius 1 is 0.540 bits per heavy atom. The van der Waals surface area contributed by atoms with E-state index in [9.17, 15) is 0 Å². The van der Waals surface area contributed by atoms with Gasteiger partial charge >= 0.3 is 0 Å². The summed E-state index contributed by atoms with van der Waals surface area (Å²) in [6.45, 7) is 0. The molecule has 0 saturated heterocycles. The maximum Gasteiger partial charge on any atom is 0.160 e. The van der Waals surface area contributed by atoms with Gasteiger partial charge in [-0.1, -0.05) is 122 Å². The summed E-state index contributed by atoms with van der Waals surface area (Å²) >= 11 is 1.76. The number of aromatic nitrogens is 2. The molecule has 9 aromatic rings. The van der Waals surface area contributed by atoms with E-state index in [1.807, 2.05) is 12.1 Å². The lowest BCUT2D eigenvalue weighted by molar-refractivity contribution is 0.353. The molecule has 50 heavy (non-hydrogen) atoms. The fraction of sp³-hybridized carbons (Fsp3) is 0.130. The van der Waals surface area contributed by atoms with Gasteiger partial charge in [0, 0.05) is 37.4 Å². The molecule has 0 N–H and O–H groups in total. The molecule has 0 aliphatic heterocycles. The molecule has 3 aromatic heterocycles. The standard InChI is InChI=1S/C46H32N2OS/c1-8-24-46(25-9-1)37-19-5-2-14-32(37)35-18-11-17-31(41(35)46)28-12-10-13-30(26-28)45-47-42(44-43(48-45)36-16-4-7-21-40(36)50-44)29-22-23-34-33-15-3-6-20-38(33)49-39(34)27-29/h2-7,10-23,26-27H,1,8-9,24-25H2. The van der Waals surface area contributed by atoms with Crippen LogP contribution in [0.5, 0.6) is 0 Å². The van der Waals surface area contributed by atoms with Crippen molar-refractivity contribution in [2.45, 2.75) is 37.5 Å². The Morgan fingerprint density at radius 2 is 1.28 bits per heavy atom. The van der Waals surface area contributed by atoms with Crippen LogP contribution < -0.4 is 0 Å². The van der Waals surface area contributed by atoms with Gasteiger partial charge in [-0.05, 0) is 76.6 Å². The fourth-order valence-corrected chi connectivity index (χ4v) is 10.2. The maximum atomic E-state index is 6.33. The fourth-order valence-electron chi connectivity index (χ4n) is 9.09. The van der Waals surface area contributed by atoms with Crippen LogP contribution in [0.25, 0.3) is 87.1 Å². The zero-order valence-electron chi connectivity index (χ0n) is 27.4. The minimum atomic E-state index is 0.0737. The Balaban J connectivity index is 1.11. The van der Waals surface area contributed by atoms with Gasteiger partial charge in [0.2, 0.25) is 0 Å². The van der Waals surface area contributed by atoms with E-state index in [4.69, 9.17) is 14.4 Å². The van der Waals surface area contributed by atoms with E-state index in [0.717, 1.165) is 60.2 Å². The minimum absolute atomic E-state index is 0.0737. The lowest BCUT2D eigenvalue weighted by Gasteiger charge is -2.37. The van der Waals surface area contributed by atoms with Crippen molar-refractivity contribution in [1.82, 2.24) is 9.97 Å². The summed E-state index contributed by atoms with van der Waals surface area (Å²) in [5.41, 5.74) is 14.2. The van der Waals surface area contributed by atoms with Crippen molar-refractivity contribution in [3.63, 3.8) is 0 Å². The highest BCUT2D eigenvalue weighted by atomic mass is 32.1. The molecule has 1 fully saturated rings. The molecule has 238 valence electrons. The molecule has 0 unspecified atom stereocenters. The van der Waals surface area contributed by atoms with E-state index < -0.39 is 0 Å². The Kier molecular flexibility index (Phi) is 6.06. The van der Waals surface area contributed by atoms with Gasteiger partial charge in [-0.15, -0.1) is 11.3 Å². The third-order valence-corrected chi connectivity index (χ3v) is 12.5. The molecule has 0 amide bonds. The second kappa shape index (κ2) is 10.7. The number of fused-ring (bicyclic) bond motifs is 11. The zero-order valence-corrected chi connectivity index (χ0v) is 28.3. The first-order valence-electron chi connectivity index (χ1n) is 17.7. The van der Waals surface area contributed by atoms with Crippen LogP contribution >= 0.6 is 11.3 Å². The summed E-state index contributed by atoms with van der Waals surface area (Å²) in [4.78, 5) is 10.7. The Hall–Kier alpha value is -5.58. The predicted molar refractivity (Wildman–Crippen MR) is 208 cm³/mol. The Labute approximate surface area is 293 Å². The van der Waals surface area contributed by atoms with Gasteiger partial charge in [-0.2, -0.15) is 0 Å². The molecule has 3 nitrogen and oxygen atoms in total. The first-order chi connectivity index (χ1) is 24.7. The molecule has 4 heteroatoms. The molecule has 1 spiro atoms. The number of rotatable bonds is 3. The summed E-state index contributed by atoms with van der Waals surface area (Å²) in [5.74, 6) is 0.742. The third-order valence-electron chi connectivity index (χ3n) is 11.3. The predicted octanol–water partition coefficient (Wildman–Crippen LogP) is 13.0. The van der Waals surface area contributed by atoms with Crippen LogP contribution in [0.1, 0.15) is 43.2 Å². The second-order valence-corrected chi connectivity index (χ2v) is 15.0. The smallest absolute Gasteiger partial charge is 0.160 e. The highest BCUT2D eigenvalue weighted by molar-refractivity contribution is 7.26. The van der Waals surface area contributed by atoms with Crippen LogP contribution in [0.3, 0.4) is 0 Å². The SMILES string of the molecule is c1cc(-c2nc(-c3ccc4c(c3)oc3ccccc34)c3sc4ccccc4c3n2)cc(-c2cccc3c2C2(CCCCC2)c2ccccc2-3)c1. The van der Waals surface area contributed by atoms with Crippen LogP contribution in [0.4, 0.5) is 0 Å². The topological polar surface area (TPSA) is 38.9 Å². The molecular weight excluding hydrogens is 629 g/mol. The molecular formula is C46H32N2OS. The van der Waals surface area contributed by atoms with E-state index in [-0.39, 0.29) is 5.41 Å². The molecule has 0 atom stereocenters. The van der Waals surface area contributed by atoms with Crippen molar-refractivity contribution in [1.29, 1.82) is 0 Å². The molecule has 2 aliphatic rings. The minimum Gasteiger partial charge on any atom is -0.456 e. The van der Waals surface area contributed by atoms with Gasteiger partial charge in [0.15, 0.2) is 5.82 Å². The Morgan fingerprint density at radius 3 is 2.22 bits per heavy atom. The molecule has 1 saturated carbocycles. The van der Waals surface area contributed by atoms with Crippen LogP contribution in [-0.2, 0) is 5.41 Å². The van der Waals surface area contributed by atoms with Gasteiger partial charge in [0.25, 0.3) is 0 Å². The van der Waals surface area contributed by atoms with E-state index >= 15 is 0 Å². The quantitative estimate of drug-likeness (QED) is 0.189. The monoisotopic (exact) mass is 660 g/mol. The van der Waals surface area contributed by atoms with Crippen molar-refractivity contribution in [2.75, 3.05) is 0 Å². The number of hydrogen-bond acceptors (Lipinski definition) is 4. The maximum absolute atomic E-state index is 6.33. The summed E-state index contributed by atoms with van der Waals surface area (Å²) in [6.07, 6.45) is 6.27. The zero-order chi connectivity index (χ0) is 32.8. The highest BCUT2D eigenvalue weighted by Gasteiger charge is 2.45. The average molecular weight is 661 g/mol. The van der Waals surface area contributed by atoms with Gasteiger partial charge in [0.05, 0.1) is 15.9 Å². The lowest BCUT2D eigenvalue weighted by atomic mass is 9.66. The van der Waals surface area contributed by atoms with Crippen molar-refractivity contribution >= 4 is 53.6 Å². The normalized spacial score (nSPS) is 15.0. The van der Waals surface area contributed by atoms with Crippen molar-refractivity contribution in [3.8, 4) is 44.9 Å². The van der Waals surface area contributed by atoms with E-state index in [1.165, 1.54) is 70.2 Å². The van der Waals surface area contributed by atoms with Crippen LogP contribution in [0, 0.1) is 0 Å². The first-order valence-corrected chi connectivity index (χ1v) is 18.5. The van der Waals surface area contributed by atoms with Crippen molar-refractivity contribution < 1.29 is 4.42 Å². The largest absolute Gasteiger partial charge is 0.456 e. The molecule has 3 heterocycles. The van der Waals surface area contributed by atoms with E-state index in [1.54, 1.807) is 11.3 Å². The summed E-state index contributed by atoms with van der Waals surface area (Å²) in [5, 5.41) is 3.41. The Bertz CT molecular complexity index is 2820. The van der Waals surface area contributed by atoms with Crippen molar-refractivity contribution in [2.24, 2.45) is 0 Å². The van der Waals surface area contributed by atoms with Gasteiger partial charge in [-0.25, -0.2) is 9.97 Å². The van der Waals surface area contributed by atoms with E-state index in [0.29, 0.717) is 0 Å².